The number of fused-ring (bicyclic) bond motifs is 1. The summed E-state index contributed by atoms with van der Waals surface area (Å²) in [5.41, 5.74) is 3.00. The van der Waals surface area contributed by atoms with Crippen molar-refractivity contribution in [3.8, 4) is 0 Å². The van der Waals surface area contributed by atoms with Crippen LogP contribution in [0, 0.1) is 0 Å². The topological polar surface area (TPSA) is 58.6 Å². The third-order valence-corrected chi connectivity index (χ3v) is 5.71. The van der Waals surface area contributed by atoms with Crippen LogP contribution in [0.1, 0.15) is 11.1 Å². The number of carbonyl (C=O) groups is 2. The average Bonchev–Trinajstić information content (AvgIpc) is 3.26. The van der Waals surface area contributed by atoms with Crippen LogP contribution in [0.4, 0.5) is 10.5 Å². The zero-order valence-electron chi connectivity index (χ0n) is 13.6. The first-order chi connectivity index (χ1) is 12.2. The molecule has 0 saturated carbocycles. The summed E-state index contributed by atoms with van der Waals surface area (Å²) in [4.78, 5) is 26.9. The van der Waals surface area contributed by atoms with Gasteiger partial charge >= 0.3 is 6.09 Å². The maximum absolute atomic E-state index is 12.5. The number of thioether (sulfide) groups is 1. The Morgan fingerprint density at radius 3 is 2.92 bits per heavy atom. The fourth-order valence-corrected chi connectivity index (χ4v) is 4.31. The molecule has 2 heterocycles. The molecule has 1 fully saturated rings. The molecule has 1 unspecified atom stereocenters. The maximum Gasteiger partial charge on any atom is 0.414 e. The van der Waals surface area contributed by atoms with E-state index in [0.717, 1.165) is 17.7 Å². The summed E-state index contributed by atoms with van der Waals surface area (Å²) in [5, 5.41) is 2.94. The molecule has 0 aromatic heterocycles. The van der Waals surface area contributed by atoms with Crippen LogP contribution in [0.3, 0.4) is 0 Å². The molecule has 0 bridgehead atoms. The van der Waals surface area contributed by atoms with Crippen LogP contribution in [0.15, 0.2) is 53.4 Å². The third-order valence-electron chi connectivity index (χ3n) is 4.39. The summed E-state index contributed by atoms with van der Waals surface area (Å²) in [6, 6.07) is 15.8. The van der Waals surface area contributed by atoms with E-state index in [1.807, 2.05) is 36.4 Å². The molecule has 2 aliphatic heterocycles. The maximum atomic E-state index is 12.5. The van der Waals surface area contributed by atoms with Gasteiger partial charge in [0.05, 0.1) is 11.8 Å². The number of hydrogen-bond donors (Lipinski definition) is 1. The molecule has 6 heteroatoms. The molecule has 1 atom stereocenters. The van der Waals surface area contributed by atoms with Crippen LogP contribution in [-0.2, 0) is 22.5 Å². The van der Waals surface area contributed by atoms with E-state index in [-0.39, 0.29) is 17.3 Å². The first-order valence-electron chi connectivity index (χ1n) is 8.26. The van der Waals surface area contributed by atoms with E-state index in [4.69, 9.17) is 4.74 Å². The predicted octanol–water partition coefficient (Wildman–Crippen LogP) is 2.98. The highest BCUT2D eigenvalue weighted by Gasteiger charge is 2.28. The van der Waals surface area contributed by atoms with Gasteiger partial charge < -0.3 is 10.1 Å². The van der Waals surface area contributed by atoms with Crippen LogP contribution in [0.5, 0.6) is 0 Å². The van der Waals surface area contributed by atoms with Crippen LogP contribution in [-0.4, -0.2) is 30.4 Å². The van der Waals surface area contributed by atoms with Crippen molar-refractivity contribution in [2.45, 2.75) is 23.1 Å². The fraction of sp³-hybridized carbons (Fsp3) is 0.263. The van der Waals surface area contributed by atoms with Crippen molar-refractivity contribution in [2.24, 2.45) is 0 Å². The van der Waals surface area contributed by atoms with Crippen molar-refractivity contribution in [1.29, 1.82) is 0 Å². The Hall–Kier alpha value is -2.47. The number of nitrogens with zero attached hydrogens (tertiary/aromatic N) is 1. The summed E-state index contributed by atoms with van der Waals surface area (Å²) in [6.07, 6.45) is 0.452. The highest BCUT2D eigenvalue weighted by atomic mass is 32.2. The van der Waals surface area contributed by atoms with Gasteiger partial charge in [-0.25, -0.2) is 4.79 Å². The third kappa shape index (κ3) is 3.35. The quantitative estimate of drug-likeness (QED) is 0.917. The van der Waals surface area contributed by atoms with Gasteiger partial charge in [-0.15, -0.1) is 11.8 Å². The van der Waals surface area contributed by atoms with E-state index in [1.165, 1.54) is 10.5 Å². The Morgan fingerprint density at radius 2 is 2.12 bits per heavy atom. The molecular weight excluding hydrogens is 336 g/mol. The van der Waals surface area contributed by atoms with Crippen molar-refractivity contribution < 1.29 is 14.3 Å². The first-order valence-corrected chi connectivity index (χ1v) is 9.14. The predicted molar refractivity (Wildman–Crippen MR) is 96.8 cm³/mol. The molecule has 5 nitrogen and oxygen atoms in total. The van der Waals surface area contributed by atoms with E-state index in [9.17, 15) is 9.59 Å². The van der Waals surface area contributed by atoms with Crippen LogP contribution >= 0.6 is 11.8 Å². The van der Waals surface area contributed by atoms with Crippen molar-refractivity contribution in [1.82, 2.24) is 5.32 Å². The molecule has 2 aliphatic rings. The second-order valence-corrected chi connectivity index (χ2v) is 7.32. The lowest BCUT2D eigenvalue weighted by Gasteiger charge is -2.15. The molecule has 0 radical (unpaired) electrons. The molecule has 2 amide bonds. The van der Waals surface area contributed by atoms with Crippen molar-refractivity contribution in [3.63, 3.8) is 0 Å². The highest BCUT2D eigenvalue weighted by molar-refractivity contribution is 8.01. The van der Waals surface area contributed by atoms with Gasteiger partial charge in [0.1, 0.15) is 6.61 Å². The number of ether oxygens (including phenoxy) is 1. The lowest BCUT2D eigenvalue weighted by molar-refractivity contribution is -0.120. The van der Waals surface area contributed by atoms with Crippen LogP contribution < -0.4 is 10.2 Å². The minimum absolute atomic E-state index is 0.0483. The van der Waals surface area contributed by atoms with Crippen molar-refractivity contribution in [2.75, 3.05) is 18.1 Å². The standard InChI is InChI=1S/C19H18N2O3S/c22-18(17-11-14-5-1-2-7-16(14)25-17)20-12-13-4-3-6-15(10-13)21-8-9-24-19(21)23/h1-7,10,17H,8-9,11-12H2,(H,20,22). The van der Waals surface area contributed by atoms with Gasteiger partial charge in [0, 0.05) is 17.1 Å². The van der Waals surface area contributed by atoms with Gasteiger partial charge in [-0.3, -0.25) is 9.69 Å². The van der Waals surface area contributed by atoms with E-state index in [2.05, 4.69) is 17.4 Å². The molecule has 128 valence electrons. The summed E-state index contributed by atoms with van der Waals surface area (Å²) in [7, 11) is 0. The fourth-order valence-electron chi connectivity index (χ4n) is 3.09. The molecule has 2 aromatic carbocycles. The molecule has 2 aromatic rings. The largest absolute Gasteiger partial charge is 0.447 e. The Bertz CT molecular complexity index is 799. The van der Waals surface area contributed by atoms with Gasteiger partial charge in [-0.1, -0.05) is 30.3 Å². The van der Waals surface area contributed by atoms with Crippen LogP contribution in [0.2, 0.25) is 0 Å². The zero-order valence-corrected chi connectivity index (χ0v) is 14.4. The first kappa shape index (κ1) is 16.0. The number of cyclic esters (lactones) is 1. The molecule has 1 N–H and O–H groups in total. The second-order valence-electron chi connectivity index (χ2n) is 6.07. The van der Waals surface area contributed by atoms with E-state index >= 15 is 0 Å². The van der Waals surface area contributed by atoms with E-state index in [1.54, 1.807) is 16.7 Å². The molecule has 4 rings (SSSR count). The second kappa shape index (κ2) is 6.80. The molecule has 0 spiro atoms. The van der Waals surface area contributed by atoms with Crippen molar-refractivity contribution in [3.05, 3.63) is 59.7 Å². The SMILES string of the molecule is O=C(NCc1cccc(N2CCOC2=O)c1)C1Cc2ccccc2S1. The normalized spacial score (nSPS) is 18.8. The highest BCUT2D eigenvalue weighted by Crippen LogP contribution is 2.36. The van der Waals surface area contributed by atoms with Gasteiger partial charge in [0.15, 0.2) is 0 Å². The summed E-state index contributed by atoms with van der Waals surface area (Å²) >= 11 is 1.62. The number of carbonyl (C=O) groups excluding carboxylic acids is 2. The Morgan fingerprint density at radius 1 is 1.24 bits per heavy atom. The summed E-state index contributed by atoms with van der Waals surface area (Å²) in [6.45, 7) is 1.42. The van der Waals surface area contributed by atoms with Crippen LogP contribution in [0.25, 0.3) is 0 Å². The number of rotatable bonds is 4. The minimum atomic E-state index is -0.318. The van der Waals surface area contributed by atoms with E-state index < -0.39 is 0 Å². The Balaban J connectivity index is 1.37. The minimum Gasteiger partial charge on any atom is -0.447 e. The Labute approximate surface area is 150 Å². The summed E-state index contributed by atoms with van der Waals surface area (Å²) in [5.74, 6) is 0.0483. The molecule has 0 aliphatic carbocycles. The summed E-state index contributed by atoms with van der Waals surface area (Å²) < 4.78 is 4.97. The zero-order chi connectivity index (χ0) is 17.2. The number of nitrogens with one attached hydrogen (secondary N) is 1. The average molecular weight is 354 g/mol. The molecule has 1 saturated heterocycles. The monoisotopic (exact) mass is 354 g/mol. The van der Waals surface area contributed by atoms with Gasteiger partial charge in [0.25, 0.3) is 0 Å². The number of hydrogen-bond acceptors (Lipinski definition) is 4. The van der Waals surface area contributed by atoms with Gasteiger partial charge in [-0.05, 0) is 35.7 Å². The lowest BCUT2D eigenvalue weighted by Crippen LogP contribution is -2.32. The lowest BCUT2D eigenvalue weighted by atomic mass is 10.1. The number of benzene rings is 2. The van der Waals surface area contributed by atoms with Gasteiger partial charge in [-0.2, -0.15) is 0 Å². The number of anilines is 1. The molecular formula is C19H18N2O3S. The van der Waals surface area contributed by atoms with E-state index in [0.29, 0.717) is 19.7 Å². The molecule has 25 heavy (non-hydrogen) atoms. The van der Waals surface area contributed by atoms with Crippen molar-refractivity contribution >= 4 is 29.4 Å². The Kier molecular flexibility index (Phi) is 4.36. The smallest absolute Gasteiger partial charge is 0.414 e. The van der Waals surface area contributed by atoms with Gasteiger partial charge in [0.2, 0.25) is 5.91 Å². The number of amides is 2.